The summed E-state index contributed by atoms with van der Waals surface area (Å²) in [5.41, 5.74) is -1.07. The van der Waals surface area contributed by atoms with Crippen molar-refractivity contribution < 1.29 is 10.2 Å². The average molecular weight is 210 g/mol. The van der Waals surface area contributed by atoms with Crippen LogP contribution in [0.25, 0.3) is 0 Å². The summed E-state index contributed by atoms with van der Waals surface area (Å²) in [6.07, 6.45) is 4.70. The van der Waals surface area contributed by atoms with Gasteiger partial charge in [-0.2, -0.15) is 0 Å². The molecule has 86 valence electrons. The smallest absolute Gasteiger partial charge is 0.0710 e. The van der Waals surface area contributed by atoms with E-state index in [9.17, 15) is 10.2 Å². The molecule has 0 aromatic carbocycles. The molecule has 2 heteroatoms. The lowest BCUT2D eigenvalue weighted by molar-refractivity contribution is -0.240. The molecule has 4 saturated carbocycles. The highest BCUT2D eigenvalue weighted by Crippen LogP contribution is 2.61. The van der Waals surface area contributed by atoms with E-state index in [1.807, 2.05) is 0 Å². The molecule has 4 bridgehead atoms. The van der Waals surface area contributed by atoms with Crippen molar-refractivity contribution in [1.82, 2.24) is 0 Å². The molecule has 0 saturated heterocycles. The van der Waals surface area contributed by atoms with Crippen molar-refractivity contribution >= 4 is 0 Å². The average Bonchev–Trinajstić information content (AvgIpc) is 1.94. The second-order valence-corrected chi connectivity index (χ2v) is 6.75. The molecule has 0 amide bonds. The number of hydrogen-bond donors (Lipinski definition) is 2. The predicted octanol–water partition coefficient (Wildman–Crippen LogP) is 1.94. The molecule has 2 nitrogen and oxygen atoms in total. The number of rotatable bonds is 1. The van der Waals surface area contributed by atoms with Crippen LogP contribution in [0.15, 0.2) is 0 Å². The third-order valence-electron chi connectivity index (χ3n) is 5.07. The first-order valence-corrected chi connectivity index (χ1v) is 6.37. The molecule has 4 aliphatic rings. The van der Waals surface area contributed by atoms with Gasteiger partial charge < -0.3 is 10.2 Å². The van der Waals surface area contributed by atoms with Crippen molar-refractivity contribution in [1.29, 1.82) is 0 Å². The molecular weight excluding hydrogens is 188 g/mol. The van der Waals surface area contributed by atoms with E-state index >= 15 is 0 Å². The van der Waals surface area contributed by atoms with Gasteiger partial charge in [0.05, 0.1) is 11.2 Å². The number of aliphatic hydroxyl groups is 2. The van der Waals surface area contributed by atoms with Gasteiger partial charge in [0.1, 0.15) is 0 Å². The molecule has 0 heterocycles. The van der Waals surface area contributed by atoms with E-state index in [4.69, 9.17) is 0 Å². The lowest BCUT2D eigenvalue weighted by Gasteiger charge is -2.63. The first-order chi connectivity index (χ1) is 6.92. The zero-order valence-electron chi connectivity index (χ0n) is 9.74. The van der Waals surface area contributed by atoms with Gasteiger partial charge in [-0.25, -0.2) is 0 Å². The molecule has 4 rings (SSSR count). The Morgan fingerprint density at radius 3 is 2.40 bits per heavy atom. The van der Waals surface area contributed by atoms with E-state index in [0.29, 0.717) is 30.1 Å². The van der Waals surface area contributed by atoms with Crippen LogP contribution < -0.4 is 0 Å². The van der Waals surface area contributed by atoms with Gasteiger partial charge in [-0.1, -0.05) is 13.8 Å². The largest absolute Gasteiger partial charge is 0.390 e. The van der Waals surface area contributed by atoms with Gasteiger partial charge in [-0.15, -0.1) is 0 Å². The molecule has 4 aliphatic carbocycles. The van der Waals surface area contributed by atoms with Gasteiger partial charge in [0.2, 0.25) is 0 Å². The van der Waals surface area contributed by atoms with Crippen molar-refractivity contribution in [3.8, 4) is 0 Å². The van der Waals surface area contributed by atoms with Crippen molar-refractivity contribution in [2.24, 2.45) is 23.7 Å². The van der Waals surface area contributed by atoms with Crippen LogP contribution in [-0.4, -0.2) is 21.4 Å². The first kappa shape index (κ1) is 10.1. The highest BCUT2D eigenvalue weighted by atomic mass is 16.3. The van der Waals surface area contributed by atoms with E-state index in [2.05, 4.69) is 13.8 Å². The fourth-order valence-corrected chi connectivity index (χ4v) is 5.28. The van der Waals surface area contributed by atoms with Crippen molar-refractivity contribution in [2.45, 2.75) is 57.2 Å². The molecular formula is C13H22O2. The van der Waals surface area contributed by atoms with Crippen LogP contribution in [0.3, 0.4) is 0 Å². The summed E-state index contributed by atoms with van der Waals surface area (Å²) >= 11 is 0. The Morgan fingerprint density at radius 1 is 1.13 bits per heavy atom. The minimum Gasteiger partial charge on any atom is -0.390 e. The van der Waals surface area contributed by atoms with Gasteiger partial charge in [0.25, 0.3) is 0 Å². The summed E-state index contributed by atoms with van der Waals surface area (Å²) in [4.78, 5) is 0. The maximum absolute atomic E-state index is 10.7. The highest BCUT2D eigenvalue weighted by molar-refractivity contribution is 5.13. The van der Waals surface area contributed by atoms with E-state index in [1.165, 1.54) is 6.42 Å². The monoisotopic (exact) mass is 210 g/mol. The Kier molecular flexibility index (Phi) is 1.87. The fraction of sp³-hybridized carbons (Fsp3) is 1.00. The van der Waals surface area contributed by atoms with Gasteiger partial charge in [0, 0.05) is 6.42 Å². The third-order valence-corrected chi connectivity index (χ3v) is 5.07. The van der Waals surface area contributed by atoms with E-state index < -0.39 is 11.2 Å². The van der Waals surface area contributed by atoms with E-state index in [0.717, 1.165) is 19.3 Å². The fourth-order valence-electron chi connectivity index (χ4n) is 5.28. The summed E-state index contributed by atoms with van der Waals surface area (Å²) in [5.74, 6) is 2.13. The molecule has 0 aliphatic heterocycles. The third kappa shape index (κ3) is 1.31. The van der Waals surface area contributed by atoms with E-state index in [1.54, 1.807) is 0 Å². The van der Waals surface area contributed by atoms with E-state index in [-0.39, 0.29) is 0 Å². The summed E-state index contributed by atoms with van der Waals surface area (Å²) in [5, 5.41) is 21.1. The van der Waals surface area contributed by atoms with Crippen LogP contribution in [0.4, 0.5) is 0 Å². The molecule has 0 radical (unpaired) electrons. The van der Waals surface area contributed by atoms with Crippen LogP contribution in [0.1, 0.15) is 46.0 Å². The van der Waals surface area contributed by atoms with Gasteiger partial charge >= 0.3 is 0 Å². The van der Waals surface area contributed by atoms with Gasteiger partial charge in [0.15, 0.2) is 0 Å². The van der Waals surface area contributed by atoms with Crippen molar-refractivity contribution in [3.63, 3.8) is 0 Å². The second-order valence-electron chi connectivity index (χ2n) is 6.75. The summed E-state index contributed by atoms with van der Waals surface area (Å²) < 4.78 is 0. The minimum atomic E-state index is -0.549. The zero-order chi connectivity index (χ0) is 10.8. The highest BCUT2D eigenvalue weighted by Gasteiger charge is 2.61. The maximum Gasteiger partial charge on any atom is 0.0710 e. The molecule has 5 atom stereocenters. The quantitative estimate of drug-likeness (QED) is 0.694. The van der Waals surface area contributed by atoms with Crippen LogP contribution in [0, 0.1) is 23.7 Å². The van der Waals surface area contributed by atoms with Crippen LogP contribution in [0.5, 0.6) is 0 Å². The Balaban J connectivity index is 1.97. The lowest BCUT2D eigenvalue weighted by atomic mass is 9.46. The number of hydrogen-bond acceptors (Lipinski definition) is 2. The molecule has 5 unspecified atom stereocenters. The predicted molar refractivity (Wildman–Crippen MR) is 58.3 cm³/mol. The van der Waals surface area contributed by atoms with Crippen molar-refractivity contribution in [2.75, 3.05) is 0 Å². The Labute approximate surface area is 91.7 Å². The molecule has 2 N–H and O–H groups in total. The molecule has 0 aromatic heterocycles. The topological polar surface area (TPSA) is 40.5 Å². The molecule has 0 spiro atoms. The van der Waals surface area contributed by atoms with Crippen LogP contribution in [-0.2, 0) is 0 Å². The van der Waals surface area contributed by atoms with Gasteiger partial charge in [-0.05, 0) is 49.4 Å². The van der Waals surface area contributed by atoms with Gasteiger partial charge in [-0.3, -0.25) is 0 Å². The van der Waals surface area contributed by atoms with Crippen molar-refractivity contribution in [3.05, 3.63) is 0 Å². The molecule has 0 aromatic rings. The molecule has 15 heavy (non-hydrogen) atoms. The molecule has 4 fully saturated rings. The lowest BCUT2D eigenvalue weighted by Crippen LogP contribution is -2.64. The normalized spacial score (nSPS) is 57.8. The van der Waals surface area contributed by atoms with Crippen LogP contribution in [0.2, 0.25) is 0 Å². The maximum atomic E-state index is 10.7. The zero-order valence-corrected chi connectivity index (χ0v) is 9.74. The Hall–Kier alpha value is -0.0800. The first-order valence-electron chi connectivity index (χ1n) is 6.37. The summed E-state index contributed by atoms with van der Waals surface area (Å²) in [7, 11) is 0. The summed E-state index contributed by atoms with van der Waals surface area (Å²) in [6.45, 7) is 4.43. The standard InChI is InChI=1S/C13H22O2/c1-8(2)11-10-3-9-4-12(14,6-10)7-13(11,15)5-9/h8-11,14-15H,3-7H2,1-2H3. The minimum absolute atomic E-state index is 0.425. The summed E-state index contributed by atoms with van der Waals surface area (Å²) in [6, 6.07) is 0. The SMILES string of the molecule is CC(C)C1C2CC3CC(O)(C2)CC1(O)C3. The van der Waals surface area contributed by atoms with Crippen LogP contribution >= 0.6 is 0 Å². The Morgan fingerprint density at radius 2 is 1.87 bits per heavy atom. The Bertz CT molecular complexity index is 288. The second kappa shape index (κ2) is 2.78.